The molecule has 0 amide bonds. The molecule has 0 fully saturated rings. The van der Waals surface area contributed by atoms with Crippen LogP contribution in [0.25, 0.3) is 32.9 Å². The molecule has 3 aromatic heterocycles. The fourth-order valence-corrected chi connectivity index (χ4v) is 4.13. The Labute approximate surface area is 158 Å². The average Bonchev–Trinajstić information content (AvgIpc) is 3.30. The molecule has 3 heterocycles. The first-order valence-corrected chi connectivity index (χ1v) is 9.92. The van der Waals surface area contributed by atoms with Crippen LogP contribution in [0.5, 0.6) is 0 Å². The molecular weight excluding hydrogens is 386 g/mol. The third-order valence-corrected chi connectivity index (χ3v) is 6.21. The molecular formula is C17H15N5O5S. The van der Waals surface area contributed by atoms with Crippen molar-refractivity contribution in [2.24, 2.45) is 7.05 Å². The van der Waals surface area contributed by atoms with Crippen LogP contribution in [0.4, 0.5) is 5.69 Å². The van der Waals surface area contributed by atoms with Crippen LogP contribution in [0.1, 0.15) is 6.92 Å². The lowest BCUT2D eigenvalue weighted by atomic mass is 10.0. The predicted molar refractivity (Wildman–Crippen MR) is 104 cm³/mol. The molecule has 10 nitrogen and oxygen atoms in total. The summed E-state index contributed by atoms with van der Waals surface area (Å²) >= 11 is 0. The van der Waals surface area contributed by atoms with Gasteiger partial charge in [-0.05, 0) is 19.1 Å². The van der Waals surface area contributed by atoms with Gasteiger partial charge in [-0.1, -0.05) is 0 Å². The Kier molecular flexibility index (Phi) is 3.85. The van der Waals surface area contributed by atoms with Crippen LogP contribution in [0.15, 0.2) is 41.6 Å². The van der Waals surface area contributed by atoms with Gasteiger partial charge in [0.15, 0.2) is 0 Å². The van der Waals surface area contributed by atoms with E-state index in [1.807, 2.05) is 0 Å². The Morgan fingerprint density at radius 2 is 2.04 bits per heavy atom. The molecule has 0 atom stereocenters. The van der Waals surface area contributed by atoms with E-state index in [0.717, 1.165) is 4.09 Å². The van der Waals surface area contributed by atoms with Gasteiger partial charge in [-0.2, -0.15) is 9.19 Å². The van der Waals surface area contributed by atoms with Gasteiger partial charge < -0.3 is 9.55 Å². The molecule has 0 unspecified atom stereocenters. The maximum atomic E-state index is 12.3. The van der Waals surface area contributed by atoms with Gasteiger partial charge in [0.1, 0.15) is 5.52 Å². The lowest BCUT2D eigenvalue weighted by Gasteiger charge is -2.09. The summed E-state index contributed by atoms with van der Waals surface area (Å²) in [6.07, 6.45) is 4.36. The van der Waals surface area contributed by atoms with Crippen molar-refractivity contribution < 1.29 is 13.3 Å². The molecule has 0 saturated heterocycles. The van der Waals surface area contributed by atoms with Gasteiger partial charge in [-0.25, -0.2) is 8.42 Å². The van der Waals surface area contributed by atoms with Crippen molar-refractivity contribution in [1.29, 1.82) is 0 Å². The van der Waals surface area contributed by atoms with E-state index in [-0.39, 0.29) is 28.1 Å². The monoisotopic (exact) mass is 401 g/mol. The summed E-state index contributed by atoms with van der Waals surface area (Å²) in [4.78, 5) is 26.3. The molecule has 0 radical (unpaired) electrons. The number of pyridine rings is 1. The lowest BCUT2D eigenvalue weighted by Crippen LogP contribution is -2.17. The van der Waals surface area contributed by atoms with E-state index in [0.29, 0.717) is 21.9 Å². The molecule has 0 aliphatic heterocycles. The fraction of sp³-hybridized carbons (Fsp3) is 0.176. The smallest absolute Gasteiger partial charge is 0.278 e. The van der Waals surface area contributed by atoms with E-state index in [9.17, 15) is 23.3 Å². The molecule has 0 aliphatic rings. The first-order chi connectivity index (χ1) is 13.2. The minimum Gasteiger partial charge on any atom is -0.357 e. The van der Waals surface area contributed by atoms with Crippen molar-refractivity contribution in [2.75, 3.05) is 5.75 Å². The van der Waals surface area contributed by atoms with Crippen LogP contribution in [0.2, 0.25) is 0 Å². The van der Waals surface area contributed by atoms with Gasteiger partial charge in [0.25, 0.3) is 21.3 Å². The van der Waals surface area contributed by atoms with E-state index in [4.69, 9.17) is 0 Å². The molecule has 0 aliphatic carbocycles. The van der Waals surface area contributed by atoms with Crippen LogP contribution in [0.3, 0.4) is 0 Å². The Bertz CT molecular complexity index is 1430. The number of aromatic nitrogens is 4. The number of H-pyrrole nitrogens is 1. The number of rotatable bonds is 4. The zero-order chi connectivity index (χ0) is 20.2. The maximum Gasteiger partial charge on any atom is 0.278 e. The summed E-state index contributed by atoms with van der Waals surface area (Å²) in [6, 6.07) is 4.38. The van der Waals surface area contributed by atoms with Crippen molar-refractivity contribution in [2.45, 2.75) is 6.92 Å². The molecule has 4 aromatic rings. The Morgan fingerprint density at radius 3 is 2.71 bits per heavy atom. The summed E-state index contributed by atoms with van der Waals surface area (Å²) in [5, 5.41) is 16.5. The molecule has 1 aromatic carbocycles. The largest absolute Gasteiger partial charge is 0.357 e. The first kappa shape index (κ1) is 17.9. The number of fused-ring (bicyclic) bond motifs is 2. The topological polar surface area (TPSA) is 133 Å². The molecule has 1 N–H and O–H groups in total. The number of aromatic amines is 1. The van der Waals surface area contributed by atoms with Gasteiger partial charge in [0.05, 0.1) is 28.0 Å². The van der Waals surface area contributed by atoms with Crippen LogP contribution in [-0.4, -0.2) is 37.8 Å². The van der Waals surface area contributed by atoms with Crippen molar-refractivity contribution in [3.8, 4) is 11.1 Å². The van der Waals surface area contributed by atoms with E-state index in [1.54, 1.807) is 19.3 Å². The average molecular weight is 401 g/mol. The van der Waals surface area contributed by atoms with E-state index >= 15 is 0 Å². The summed E-state index contributed by atoms with van der Waals surface area (Å²) < 4.78 is 26.9. The minimum atomic E-state index is -3.69. The van der Waals surface area contributed by atoms with Crippen molar-refractivity contribution in [1.82, 2.24) is 18.7 Å². The summed E-state index contributed by atoms with van der Waals surface area (Å²) in [5.41, 5.74) is 0.705. The second-order valence-corrected chi connectivity index (χ2v) is 8.39. The van der Waals surface area contributed by atoms with Crippen molar-refractivity contribution in [3.63, 3.8) is 0 Å². The summed E-state index contributed by atoms with van der Waals surface area (Å²) in [6.45, 7) is 1.49. The number of nitro benzene ring substituents is 1. The van der Waals surface area contributed by atoms with Crippen LogP contribution in [0, 0.1) is 10.1 Å². The zero-order valence-corrected chi connectivity index (χ0v) is 15.7. The van der Waals surface area contributed by atoms with Gasteiger partial charge in [0.2, 0.25) is 0 Å². The number of hydrogen-bond donors (Lipinski definition) is 1. The highest BCUT2D eigenvalue weighted by Gasteiger charge is 2.24. The maximum absolute atomic E-state index is 12.3. The van der Waals surface area contributed by atoms with Crippen molar-refractivity contribution in [3.05, 3.63) is 57.3 Å². The molecule has 11 heteroatoms. The first-order valence-electron chi connectivity index (χ1n) is 8.31. The number of benzene rings is 1. The van der Waals surface area contributed by atoms with Gasteiger partial charge >= 0.3 is 0 Å². The molecule has 144 valence electrons. The fourth-order valence-electron chi connectivity index (χ4n) is 3.23. The van der Waals surface area contributed by atoms with E-state index < -0.39 is 14.9 Å². The zero-order valence-electron chi connectivity index (χ0n) is 14.9. The second-order valence-electron chi connectivity index (χ2n) is 6.30. The molecule has 4 rings (SSSR count). The summed E-state index contributed by atoms with van der Waals surface area (Å²) in [7, 11) is -2.14. The number of nitrogens with zero attached hydrogens (tertiary/aromatic N) is 4. The highest BCUT2D eigenvalue weighted by atomic mass is 32.2. The van der Waals surface area contributed by atoms with E-state index in [1.165, 1.54) is 36.0 Å². The molecule has 0 saturated carbocycles. The quantitative estimate of drug-likeness (QED) is 0.411. The lowest BCUT2D eigenvalue weighted by molar-refractivity contribution is -0.384. The van der Waals surface area contributed by atoms with Gasteiger partial charge in [-0.3, -0.25) is 14.9 Å². The Hall–Kier alpha value is -3.47. The standard InChI is InChI=1S/C17H15N5O5S/c1-3-28(26,27)21-14-7-12(15(22(24)25)6-10(14)8-19-21)13-9-20(2)17(23)16-11(13)4-5-18-16/h4-9,18H,3H2,1-2H3. The second kappa shape index (κ2) is 6.02. The summed E-state index contributed by atoms with van der Waals surface area (Å²) in [5.74, 6) is -0.169. The molecule has 0 bridgehead atoms. The highest BCUT2D eigenvalue weighted by Crippen LogP contribution is 2.37. The Balaban J connectivity index is 2.15. The van der Waals surface area contributed by atoms with Crippen LogP contribution >= 0.6 is 0 Å². The van der Waals surface area contributed by atoms with Crippen molar-refractivity contribution >= 4 is 37.5 Å². The predicted octanol–water partition coefficient (Wildman–Crippen LogP) is 1.99. The number of aryl methyl sites for hydroxylation is 1. The van der Waals surface area contributed by atoms with Gasteiger partial charge in [-0.15, -0.1) is 0 Å². The van der Waals surface area contributed by atoms with Crippen LogP contribution in [-0.2, 0) is 17.1 Å². The Morgan fingerprint density at radius 1 is 1.29 bits per heavy atom. The number of nitrogens with one attached hydrogen (secondary N) is 1. The van der Waals surface area contributed by atoms with Gasteiger partial charge in [0, 0.05) is 41.8 Å². The number of hydrogen-bond acceptors (Lipinski definition) is 6. The molecule has 28 heavy (non-hydrogen) atoms. The third-order valence-electron chi connectivity index (χ3n) is 4.66. The highest BCUT2D eigenvalue weighted by molar-refractivity contribution is 7.89. The van der Waals surface area contributed by atoms with E-state index in [2.05, 4.69) is 10.1 Å². The third kappa shape index (κ3) is 2.51. The normalized spacial score (nSPS) is 12.1. The SMILES string of the molecule is CCS(=O)(=O)n1ncc2cc([N+](=O)[O-])c(-c3cn(C)c(=O)c4[nH]ccc34)cc21. The minimum absolute atomic E-state index is 0.169. The van der Waals surface area contributed by atoms with Crippen LogP contribution < -0.4 is 5.56 Å². The molecule has 0 spiro atoms. The number of nitro groups is 1.